The maximum atomic E-state index is 11.7. The molecule has 1 amide bonds. The Kier molecular flexibility index (Phi) is 4.68. The summed E-state index contributed by atoms with van der Waals surface area (Å²) < 4.78 is 4.97. The Hall–Kier alpha value is -2.67. The number of nitrogens with zero attached hydrogens (tertiary/aromatic N) is 2. The first-order valence-corrected chi connectivity index (χ1v) is 6.22. The van der Waals surface area contributed by atoms with Crippen molar-refractivity contribution < 1.29 is 14.5 Å². The number of ether oxygens (including phenoxy) is 1. The monoisotopic (exact) mass is 307 g/mol. The molecule has 7 nitrogen and oxygen atoms in total. The predicted octanol–water partition coefficient (Wildman–Crippen LogP) is 3.39. The highest BCUT2D eigenvalue weighted by Gasteiger charge is 2.21. The van der Waals surface area contributed by atoms with Crippen molar-refractivity contribution in [1.82, 2.24) is 4.98 Å². The van der Waals surface area contributed by atoms with Gasteiger partial charge in [0.25, 0.3) is 0 Å². The molecular weight excluding hydrogens is 298 g/mol. The molecule has 0 aliphatic heterocycles. The first-order chi connectivity index (χ1) is 10.1. The van der Waals surface area contributed by atoms with Crippen molar-refractivity contribution in [3.8, 4) is 0 Å². The number of hydrogen-bond acceptors (Lipinski definition) is 5. The zero-order valence-electron chi connectivity index (χ0n) is 10.7. The Morgan fingerprint density at radius 3 is 2.71 bits per heavy atom. The van der Waals surface area contributed by atoms with Gasteiger partial charge in [0.15, 0.2) is 0 Å². The van der Waals surface area contributed by atoms with E-state index >= 15 is 0 Å². The summed E-state index contributed by atoms with van der Waals surface area (Å²) >= 11 is 5.64. The zero-order chi connectivity index (χ0) is 15.2. The van der Waals surface area contributed by atoms with Crippen LogP contribution in [0.2, 0.25) is 5.15 Å². The maximum Gasteiger partial charge on any atom is 0.412 e. The number of carbonyl (C=O) groups is 1. The second kappa shape index (κ2) is 6.67. The molecule has 21 heavy (non-hydrogen) atoms. The molecule has 1 aromatic carbocycles. The fourth-order valence-electron chi connectivity index (χ4n) is 1.57. The molecule has 8 heteroatoms. The number of aromatic nitrogens is 1. The number of amides is 1. The molecule has 0 unspecified atom stereocenters. The lowest BCUT2D eigenvalue weighted by Crippen LogP contribution is -2.14. The number of nitro groups is 1. The van der Waals surface area contributed by atoms with Crippen LogP contribution in [0.15, 0.2) is 42.6 Å². The quantitative estimate of drug-likeness (QED) is 0.530. The lowest BCUT2D eigenvalue weighted by Gasteiger charge is -2.07. The number of halogens is 1. The second-order valence-electron chi connectivity index (χ2n) is 3.94. The third-order valence-corrected chi connectivity index (χ3v) is 2.79. The number of benzene rings is 1. The van der Waals surface area contributed by atoms with Crippen LogP contribution in [-0.2, 0) is 11.3 Å². The van der Waals surface area contributed by atoms with Gasteiger partial charge in [-0.3, -0.25) is 15.4 Å². The van der Waals surface area contributed by atoms with Crippen LogP contribution in [0.3, 0.4) is 0 Å². The van der Waals surface area contributed by atoms with Crippen LogP contribution in [0.5, 0.6) is 0 Å². The van der Waals surface area contributed by atoms with E-state index in [-0.39, 0.29) is 17.4 Å². The summed E-state index contributed by atoms with van der Waals surface area (Å²) in [5, 5.41) is 12.9. The summed E-state index contributed by atoms with van der Waals surface area (Å²) in [6, 6.07) is 10.3. The predicted molar refractivity (Wildman–Crippen MR) is 76.2 cm³/mol. The van der Waals surface area contributed by atoms with Gasteiger partial charge < -0.3 is 4.74 Å². The average molecular weight is 308 g/mol. The van der Waals surface area contributed by atoms with Gasteiger partial charge in [-0.15, -0.1) is 0 Å². The molecule has 2 rings (SSSR count). The molecule has 0 saturated carbocycles. The van der Waals surface area contributed by atoms with E-state index in [1.54, 1.807) is 12.1 Å². The molecule has 108 valence electrons. The second-order valence-corrected chi connectivity index (χ2v) is 4.30. The first-order valence-electron chi connectivity index (χ1n) is 5.84. The van der Waals surface area contributed by atoms with Gasteiger partial charge in [-0.05, 0) is 11.6 Å². The largest absolute Gasteiger partial charge is 0.444 e. The van der Waals surface area contributed by atoms with Crippen LogP contribution in [0.1, 0.15) is 5.56 Å². The van der Waals surface area contributed by atoms with Crippen molar-refractivity contribution in [2.75, 3.05) is 5.32 Å². The minimum absolute atomic E-state index is 0.0548. The van der Waals surface area contributed by atoms with Crippen molar-refractivity contribution in [1.29, 1.82) is 0 Å². The van der Waals surface area contributed by atoms with Crippen LogP contribution in [0.25, 0.3) is 0 Å². The standard InChI is InChI=1S/C13H10ClN3O4/c14-12-11(17(19)20)10(6-7-15-12)16-13(18)21-8-9-4-2-1-3-5-9/h1-7H,8H2,(H,15,16,18). The normalized spacial score (nSPS) is 9.95. The van der Waals surface area contributed by atoms with Crippen molar-refractivity contribution in [2.45, 2.75) is 6.61 Å². The number of anilines is 1. The molecule has 2 aromatic rings. The lowest BCUT2D eigenvalue weighted by molar-refractivity contribution is -0.384. The van der Waals surface area contributed by atoms with E-state index in [2.05, 4.69) is 10.3 Å². The van der Waals surface area contributed by atoms with Crippen LogP contribution in [0, 0.1) is 10.1 Å². The number of rotatable bonds is 4. The van der Waals surface area contributed by atoms with Crippen LogP contribution in [0.4, 0.5) is 16.2 Å². The van der Waals surface area contributed by atoms with Gasteiger partial charge in [0, 0.05) is 6.20 Å². The fraction of sp³-hybridized carbons (Fsp3) is 0.0769. The van der Waals surface area contributed by atoms with Crippen molar-refractivity contribution in [3.05, 3.63) is 63.4 Å². The molecule has 0 aliphatic rings. The summed E-state index contributed by atoms with van der Waals surface area (Å²) in [6.07, 6.45) is 0.437. The van der Waals surface area contributed by atoms with E-state index in [9.17, 15) is 14.9 Å². The Morgan fingerprint density at radius 1 is 1.33 bits per heavy atom. The molecule has 1 N–H and O–H groups in total. The van der Waals surface area contributed by atoms with E-state index in [0.717, 1.165) is 5.56 Å². The summed E-state index contributed by atoms with van der Waals surface area (Å²) in [5.74, 6) is 0. The highest BCUT2D eigenvalue weighted by atomic mass is 35.5. The number of nitrogens with one attached hydrogen (secondary N) is 1. The molecule has 1 aromatic heterocycles. The fourth-order valence-corrected chi connectivity index (χ4v) is 1.80. The van der Waals surface area contributed by atoms with Crippen molar-refractivity contribution in [3.63, 3.8) is 0 Å². The molecule has 0 fully saturated rings. The number of hydrogen-bond donors (Lipinski definition) is 1. The number of pyridine rings is 1. The Balaban J connectivity index is 2.03. The highest BCUT2D eigenvalue weighted by Crippen LogP contribution is 2.30. The van der Waals surface area contributed by atoms with Crippen LogP contribution < -0.4 is 5.32 Å². The SMILES string of the molecule is O=C(Nc1ccnc(Cl)c1[N+](=O)[O-])OCc1ccccc1. The summed E-state index contributed by atoms with van der Waals surface area (Å²) in [7, 11) is 0. The lowest BCUT2D eigenvalue weighted by atomic mass is 10.2. The molecular formula is C13H10ClN3O4. The molecule has 0 bridgehead atoms. The molecule has 0 spiro atoms. The highest BCUT2D eigenvalue weighted by molar-refractivity contribution is 6.32. The topological polar surface area (TPSA) is 94.4 Å². The van der Waals surface area contributed by atoms with Crippen molar-refractivity contribution in [2.24, 2.45) is 0 Å². The molecule has 0 saturated heterocycles. The third kappa shape index (κ3) is 3.90. The van der Waals surface area contributed by atoms with Gasteiger partial charge in [0.05, 0.1) is 4.92 Å². The molecule has 0 atom stereocenters. The minimum Gasteiger partial charge on any atom is -0.444 e. The van der Waals surface area contributed by atoms with Crippen LogP contribution >= 0.6 is 11.6 Å². The summed E-state index contributed by atoms with van der Waals surface area (Å²) in [5.41, 5.74) is 0.254. The number of carbonyl (C=O) groups excluding carboxylic acids is 1. The smallest absolute Gasteiger partial charge is 0.412 e. The Morgan fingerprint density at radius 2 is 2.05 bits per heavy atom. The van der Waals surface area contributed by atoms with Crippen LogP contribution in [-0.4, -0.2) is 16.0 Å². The van der Waals surface area contributed by atoms with Gasteiger partial charge in [-0.1, -0.05) is 41.9 Å². The van der Waals surface area contributed by atoms with E-state index in [1.807, 2.05) is 18.2 Å². The van der Waals surface area contributed by atoms with E-state index in [4.69, 9.17) is 16.3 Å². The Bertz CT molecular complexity index is 664. The molecule has 0 radical (unpaired) electrons. The van der Waals surface area contributed by atoms with Gasteiger partial charge in [0.1, 0.15) is 12.3 Å². The Labute approximate surface area is 124 Å². The van der Waals surface area contributed by atoms with Gasteiger partial charge >= 0.3 is 11.8 Å². The average Bonchev–Trinajstić information content (AvgIpc) is 2.46. The van der Waals surface area contributed by atoms with Crippen molar-refractivity contribution >= 4 is 29.1 Å². The first kappa shape index (κ1) is 14.7. The van der Waals surface area contributed by atoms with Gasteiger partial charge in [-0.25, -0.2) is 9.78 Å². The van der Waals surface area contributed by atoms with E-state index in [1.165, 1.54) is 12.3 Å². The van der Waals surface area contributed by atoms with E-state index in [0.29, 0.717) is 0 Å². The van der Waals surface area contributed by atoms with Gasteiger partial charge in [-0.2, -0.15) is 0 Å². The minimum atomic E-state index is -0.816. The summed E-state index contributed by atoms with van der Waals surface area (Å²) in [6.45, 7) is 0.0548. The van der Waals surface area contributed by atoms with Gasteiger partial charge in [0.2, 0.25) is 5.15 Å². The summed E-state index contributed by atoms with van der Waals surface area (Å²) in [4.78, 5) is 25.4. The molecule has 0 aliphatic carbocycles. The molecule has 1 heterocycles. The maximum absolute atomic E-state index is 11.7. The zero-order valence-corrected chi connectivity index (χ0v) is 11.4. The third-order valence-electron chi connectivity index (χ3n) is 2.51. The van der Waals surface area contributed by atoms with E-state index < -0.39 is 16.7 Å².